The minimum atomic E-state index is 0.531. The van der Waals surface area contributed by atoms with E-state index in [4.69, 9.17) is 11.6 Å². The molecule has 0 bridgehead atoms. The number of anilines is 1. The van der Waals surface area contributed by atoms with Gasteiger partial charge in [0, 0.05) is 62.4 Å². The van der Waals surface area contributed by atoms with Crippen LogP contribution in [0, 0.1) is 6.92 Å². The third-order valence-electron chi connectivity index (χ3n) is 3.82. The Hall–Kier alpha value is -0.840. The molecule has 0 saturated carbocycles. The first kappa shape index (κ1) is 15.5. The molecule has 1 saturated heterocycles. The molecular formula is C15H25ClN4. The van der Waals surface area contributed by atoms with Crippen molar-refractivity contribution in [3.05, 3.63) is 23.5 Å². The van der Waals surface area contributed by atoms with Gasteiger partial charge in [0.1, 0.15) is 0 Å². The van der Waals surface area contributed by atoms with Crippen LogP contribution in [0.1, 0.15) is 11.3 Å². The molecule has 0 aliphatic carbocycles. The second-order valence-corrected chi connectivity index (χ2v) is 5.99. The first-order valence-electron chi connectivity index (χ1n) is 7.23. The zero-order valence-electron chi connectivity index (χ0n) is 12.8. The number of hydrogen-bond donors (Lipinski definition) is 0. The highest BCUT2D eigenvalue weighted by atomic mass is 35.5. The molecule has 2 rings (SSSR count). The quantitative estimate of drug-likeness (QED) is 0.773. The average Bonchev–Trinajstić information content (AvgIpc) is 2.45. The standard InChI is InChI=1S/C15H25ClN4/c1-13-10-15(14(11-16)12-17-13)20-8-6-19(7-9-20)5-4-18(2)3/h10,12H,4-9,11H2,1-3H3. The molecule has 0 aromatic carbocycles. The Balaban J connectivity index is 1.95. The van der Waals surface area contributed by atoms with E-state index in [0.717, 1.165) is 50.5 Å². The molecular weight excluding hydrogens is 272 g/mol. The molecule has 1 aliphatic rings. The monoisotopic (exact) mass is 296 g/mol. The number of hydrogen-bond acceptors (Lipinski definition) is 4. The lowest BCUT2D eigenvalue weighted by atomic mass is 10.2. The van der Waals surface area contributed by atoms with Crippen LogP contribution in [0.5, 0.6) is 0 Å². The van der Waals surface area contributed by atoms with Gasteiger partial charge in [-0.1, -0.05) is 0 Å². The van der Waals surface area contributed by atoms with E-state index in [9.17, 15) is 0 Å². The van der Waals surface area contributed by atoms with Gasteiger partial charge in [-0.2, -0.15) is 0 Å². The maximum atomic E-state index is 6.03. The first-order valence-corrected chi connectivity index (χ1v) is 7.77. The van der Waals surface area contributed by atoms with Gasteiger partial charge in [0.2, 0.25) is 0 Å². The highest BCUT2D eigenvalue weighted by molar-refractivity contribution is 6.17. The van der Waals surface area contributed by atoms with E-state index in [1.54, 1.807) is 0 Å². The Labute approximate surface area is 127 Å². The Morgan fingerprint density at radius 3 is 2.55 bits per heavy atom. The van der Waals surface area contributed by atoms with Crippen LogP contribution in [-0.2, 0) is 5.88 Å². The van der Waals surface area contributed by atoms with E-state index in [-0.39, 0.29) is 0 Å². The maximum Gasteiger partial charge on any atom is 0.0509 e. The molecule has 0 radical (unpaired) electrons. The fraction of sp³-hybridized carbons (Fsp3) is 0.667. The number of aromatic nitrogens is 1. The van der Waals surface area contributed by atoms with Crippen molar-refractivity contribution in [1.29, 1.82) is 0 Å². The molecule has 0 N–H and O–H groups in total. The van der Waals surface area contributed by atoms with Crippen molar-refractivity contribution in [3.63, 3.8) is 0 Å². The summed E-state index contributed by atoms with van der Waals surface area (Å²) in [4.78, 5) is 11.6. The summed E-state index contributed by atoms with van der Waals surface area (Å²) >= 11 is 6.03. The molecule has 0 unspecified atom stereocenters. The van der Waals surface area contributed by atoms with E-state index in [0.29, 0.717) is 5.88 Å². The Bertz CT molecular complexity index is 428. The first-order chi connectivity index (χ1) is 9.60. The molecule has 1 fully saturated rings. The van der Waals surface area contributed by atoms with Crippen molar-refractivity contribution in [1.82, 2.24) is 14.8 Å². The average molecular weight is 297 g/mol. The van der Waals surface area contributed by atoms with Crippen LogP contribution in [0.25, 0.3) is 0 Å². The molecule has 4 nitrogen and oxygen atoms in total. The van der Waals surface area contributed by atoms with Crippen LogP contribution >= 0.6 is 11.6 Å². The lowest BCUT2D eigenvalue weighted by Gasteiger charge is -2.37. The number of rotatable bonds is 5. The molecule has 0 amide bonds. The summed E-state index contributed by atoms with van der Waals surface area (Å²) in [5, 5.41) is 0. The van der Waals surface area contributed by atoms with Crippen LogP contribution in [0.3, 0.4) is 0 Å². The van der Waals surface area contributed by atoms with Gasteiger partial charge in [-0.25, -0.2) is 0 Å². The van der Waals surface area contributed by atoms with E-state index >= 15 is 0 Å². The SMILES string of the molecule is Cc1cc(N2CCN(CCN(C)C)CC2)c(CCl)cn1. The van der Waals surface area contributed by atoms with Crippen LogP contribution in [-0.4, -0.2) is 68.1 Å². The number of likely N-dealkylation sites (N-methyl/N-ethyl adjacent to an activating group) is 1. The van der Waals surface area contributed by atoms with Crippen LogP contribution in [0.4, 0.5) is 5.69 Å². The van der Waals surface area contributed by atoms with Gasteiger partial charge in [-0.3, -0.25) is 9.88 Å². The highest BCUT2D eigenvalue weighted by Gasteiger charge is 2.19. The lowest BCUT2D eigenvalue weighted by Crippen LogP contribution is -2.48. The van der Waals surface area contributed by atoms with E-state index in [2.05, 4.69) is 39.8 Å². The minimum absolute atomic E-state index is 0.531. The molecule has 20 heavy (non-hydrogen) atoms. The van der Waals surface area contributed by atoms with E-state index < -0.39 is 0 Å². The molecule has 1 aliphatic heterocycles. The number of piperazine rings is 1. The zero-order valence-corrected chi connectivity index (χ0v) is 13.5. The van der Waals surface area contributed by atoms with Crippen molar-refractivity contribution in [2.24, 2.45) is 0 Å². The van der Waals surface area contributed by atoms with Gasteiger partial charge in [0.05, 0.1) is 5.88 Å². The van der Waals surface area contributed by atoms with Crippen LogP contribution in [0.15, 0.2) is 12.3 Å². The summed E-state index contributed by atoms with van der Waals surface area (Å²) < 4.78 is 0. The summed E-state index contributed by atoms with van der Waals surface area (Å²) in [6.45, 7) is 8.70. The number of aryl methyl sites for hydroxylation is 1. The van der Waals surface area contributed by atoms with Gasteiger partial charge < -0.3 is 9.80 Å². The summed E-state index contributed by atoms with van der Waals surface area (Å²) in [6.07, 6.45) is 1.91. The third kappa shape index (κ3) is 4.08. The minimum Gasteiger partial charge on any atom is -0.369 e. The number of halogens is 1. The van der Waals surface area contributed by atoms with Crippen molar-refractivity contribution in [2.45, 2.75) is 12.8 Å². The van der Waals surface area contributed by atoms with Gasteiger partial charge >= 0.3 is 0 Å². The zero-order chi connectivity index (χ0) is 14.5. The van der Waals surface area contributed by atoms with Crippen LogP contribution < -0.4 is 4.90 Å². The van der Waals surface area contributed by atoms with Gasteiger partial charge in [0.25, 0.3) is 0 Å². The normalized spacial score (nSPS) is 16.9. The molecule has 1 aromatic heterocycles. The van der Waals surface area contributed by atoms with E-state index in [1.165, 1.54) is 5.69 Å². The molecule has 5 heteroatoms. The fourth-order valence-electron chi connectivity index (χ4n) is 2.52. The maximum absolute atomic E-state index is 6.03. The number of nitrogens with zero attached hydrogens (tertiary/aromatic N) is 4. The van der Waals surface area contributed by atoms with Gasteiger partial charge in [-0.15, -0.1) is 11.6 Å². The number of alkyl halides is 1. The Morgan fingerprint density at radius 1 is 1.25 bits per heavy atom. The molecule has 2 heterocycles. The van der Waals surface area contributed by atoms with Gasteiger partial charge in [0.15, 0.2) is 0 Å². The highest BCUT2D eigenvalue weighted by Crippen LogP contribution is 2.23. The van der Waals surface area contributed by atoms with Gasteiger partial charge in [-0.05, 0) is 27.1 Å². The van der Waals surface area contributed by atoms with Crippen molar-refractivity contribution < 1.29 is 0 Å². The fourth-order valence-corrected chi connectivity index (χ4v) is 2.73. The lowest BCUT2D eigenvalue weighted by molar-refractivity contribution is 0.229. The van der Waals surface area contributed by atoms with Crippen LogP contribution in [0.2, 0.25) is 0 Å². The molecule has 0 spiro atoms. The predicted octanol–water partition coefficient (Wildman–Crippen LogP) is 1.81. The predicted molar refractivity (Wildman–Crippen MR) is 85.7 cm³/mol. The van der Waals surface area contributed by atoms with Crippen molar-refractivity contribution in [2.75, 3.05) is 58.3 Å². The Kier molecular flexibility index (Phi) is 5.64. The summed E-state index contributed by atoms with van der Waals surface area (Å²) in [5.74, 6) is 0.531. The number of pyridine rings is 1. The topological polar surface area (TPSA) is 22.6 Å². The van der Waals surface area contributed by atoms with Crippen molar-refractivity contribution >= 4 is 17.3 Å². The summed E-state index contributed by atoms with van der Waals surface area (Å²) in [7, 11) is 4.26. The van der Waals surface area contributed by atoms with Crippen molar-refractivity contribution in [3.8, 4) is 0 Å². The summed E-state index contributed by atoms with van der Waals surface area (Å²) in [5.41, 5.74) is 3.46. The smallest absolute Gasteiger partial charge is 0.0509 e. The second-order valence-electron chi connectivity index (χ2n) is 5.72. The largest absolute Gasteiger partial charge is 0.369 e. The third-order valence-corrected chi connectivity index (χ3v) is 4.11. The summed E-state index contributed by atoms with van der Waals surface area (Å²) in [6, 6.07) is 2.16. The van der Waals surface area contributed by atoms with E-state index in [1.807, 2.05) is 13.1 Å². The Morgan fingerprint density at radius 2 is 1.95 bits per heavy atom. The second kappa shape index (κ2) is 7.25. The molecule has 0 atom stereocenters. The molecule has 112 valence electrons. The molecule has 1 aromatic rings.